The molecule has 6 heterocycles. The van der Waals surface area contributed by atoms with Gasteiger partial charge in [0.1, 0.15) is 34.5 Å². The molecule has 0 fully saturated rings. The molecule has 7 aromatic carbocycles. The van der Waals surface area contributed by atoms with E-state index in [0.717, 1.165) is 166 Å². The summed E-state index contributed by atoms with van der Waals surface area (Å²) in [5.41, 5.74) is 16.0. The molecule has 0 spiro atoms. The van der Waals surface area contributed by atoms with Crippen LogP contribution in [0.4, 0.5) is 11.4 Å². The number of phenols is 1. The standard InChI is InChI=1S/C13H14BrNO2.C13H16O2.C12H12BNO3.C12H11Br2NO.C12H10BrNO.C7H6BrNO3.C7H8BrNO/c1-17-11-5-4-10(14)13-12(11)9(3-2-8-16)6-7-15-13;1-2-13(14)9-6-10-15-11-12-7-4-3-5-8-12;15-13(16)9-3-4-10-11-8(2-1-7-17-10)5-6-14-12(9)11;13-6-1-2-8-5-7-15-12-9(14)3-4-10(16)11(8)12;13-9-3-4-10-11-8(2-1-7-15-10)5-6-14-12(9)11;1-12-5-2-3-6(8)7(4-5)9(10)11;1-10-5-2-3-6(8)7(9)4-5/h4-7,16H,2-3,8H2,1H3;2-5,7-8H,1,6,9-11H2;3-6,15-16H,1-2,7H2;3-5,7,16H,1-2,6H2;3-6H,1-2,7H2;2-4H,1H3;2-4H,9H2,1H3. The number of alkyl halides is 1. The third-order valence-electron chi connectivity index (χ3n) is 15.6. The Bertz CT molecular complexity index is 4560. The van der Waals surface area contributed by atoms with Crippen LogP contribution in [0.15, 0.2) is 199 Å². The summed E-state index contributed by atoms with van der Waals surface area (Å²) in [6, 6.07) is 42.9. The van der Waals surface area contributed by atoms with E-state index in [9.17, 15) is 30.1 Å². The lowest BCUT2D eigenvalue weighted by Crippen LogP contribution is -2.31. The molecule has 0 amide bonds. The molecule has 0 saturated carbocycles. The molecule has 2 aliphatic heterocycles. The van der Waals surface area contributed by atoms with Crippen molar-refractivity contribution >= 4 is 169 Å². The molecule has 0 saturated heterocycles. The first-order valence-corrected chi connectivity index (χ1v) is 37.4. The minimum absolute atomic E-state index is 0.00866. The van der Waals surface area contributed by atoms with Crippen LogP contribution in [0.5, 0.6) is 34.5 Å². The van der Waals surface area contributed by atoms with E-state index >= 15 is 0 Å². The molecule has 26 heteroatoms. The number of aliphatic hydroxyl groups is 1. The number of hydrogen-bond donors (Lipinski definition) is 5. The van der Waals surface area contributed by atoms with E-state index in [-0.39, 0.29) is 18.1 Å². The SMILES string of the molecule is Brc1ccc2c3c(ccnc13)CCCO2.C=CC(=O)CCCOCc1ccccc1.COc1ccc(Br)c(N)c1.COc1ccc(Br)c([N+](=O)[O-])c1.COc1ccc(Br)c2nccc(CCCO)c12.OB(O)c1ccc2c3c(ccnc13)CCCO2.Oc1ccc(Br)c2nccc(CCCBr)c12. The smallest absolute Gasteiger partial charge is 0.490 e. The third-order valence-corrected chi connectivity index (χ3v) is 19.5. The Kier molecular flexibility index (Phi) is 34.3. The highest BCUT2D eigenvalue weighted by Crippen LogP contribution is 2.38. The molecule has 6 N–H and O–H groups in total. The van der Waals surface area contributed by atoms with Crippen molar-refractivity contribution in [1.82, 2.24) is 19.9 Å². The highest BCUT2D eigenvalue weighted by atomic mass is 79.9. The van der Waals surface area contributed by atoms with Gasteiger partial charge in [0.15, 0.2) is 5.78 Å². The van der Waals surface area contributed by atoms with Gasteiger partial charge in [0, 0.05) is 106 Å². The summed E-state index contributed by atoms with van der Waals surface area (Å²) < 4.78 is 36.2. The number of benzene rings is 7. The van der Waals surface area contributed by atoms with Gasteiger partial charge in [0.05, 0.1) is 78.7 Å². The Morgan fingerprint density at radius 1 is 0.627 bits per heavy atom. The van der Waals surface area contributed by atoms with E-state index in [0.29, 0.717) is 58.9 Å². The number of aliphatic hydroxyl groups excluding tert-OH is 1. The van der Waals surface area contributed by atoms with E-state index in [2.05, 4.69) is 128 Å². The number of aryl methyl sites for hydroxylation is 4. The van der Waals surface area contributed by atoms with Crippen LogP contribution >= 0.6 is 95.6 Å². The van der Waals surface area contributed by atoms with E-state index in [4.69, 9.17) is 39.3 Å². The molecular weight excluding hydrogens is 1700 g/mol. The molecular formula is C76H77BBr6N6O13. The van der Waals surface area contributed by atoms with E-state index in [1.165, 1.54) is 30.2 Å². The van der Waals surface area contributed by atoms with Gasteiger partial charge in [-0.3, -0.25) is 34.8 Å². The summed E-state index contributed by atoms with van der Waals surface area (Å²) >= 11 is 20.2. The maximum absolute atomic E-state index is 10.9. The van der Waals surface area contributed by atoms with Crippen LogP contribution in [-0.2, 0) is 41.8 Å². The monoisotopic (exact) mass is 1770 g/mol. The van der Waals surface area contributed by atoms with Gasteiger partial charge in [-0.15, -0.1) is 0 Å². The normalized spacial score (nSPS) is 11.5. The molecule has 0 aliphatic carbocycles. The Labute approximate surface area is 643 Å². The number of aromatic nitrogens is 4. The molecule has 0 radical (unpaired) electrons. The van der Waals surface area contributed by atoms with Gasteiger partial charge < -0.3 is 54.4 Å². The Hall–Kier alpha value is -7.63. The van der Waals surface area contributed by atoms with Crippen LogP contribution in [0, 0.1) is 10.1 Å². The number of rotatable bonds is 18. The predicted octanol–water partition coefficient (Wildman–Crippen LogP) is 17.7. The van der Waals surface area contributed by atoms with Crippen LogP contribution < -0.4 is 34.9 Å². The fourth-order valence-corrected chi connectivity index (χ4v) is 12.9. The number of nitrogens with two attached hydrogens (primary N) is 1. The lowest BCUT2D eigenvalue weighted by molar-refractivity contribution is -0.385. The van der Waals surface area contributed by atoms with Gasteiger partial charge in [-0.05, 0) is 262 Å². The zero-order valence-corrected chi connectivity index (χ0v) is 65.8. The van der Waals surface area contributed by atoms with Crippen LogP contribution in [0.1, 0.15) is 66.3 Å². The number of halogens is 6. The van der Waals surface area contributed by atoms with Crippen molar-refractivity contribution in [3.05, 3.63) is 237 Å². The van der Waals surface area contributed by atoms with Crippen LogP contribution in [-0.4, -0.2) is 111 Å². The second kappa shape index (κ2) is 42.8. The van der Waals surface area contributed by atoms with Crippen LogP contribution in [0.2, 0.25) is 0 Å². The number of nitrogens with zero attached hydrogens (tertiary/aromatic N) is 5. The number of fused-ring (bicyclic) bond motifs is 2. The summed E-state index contributed by atoms with van der Waals surface area (Å²) in [4.78, 5) is 38.1. The van der Waals surface area contributed by atoms with Gasteiger partial charge in [0.25, 0.3) is 5.69 Å². The molecule has 0 atom stereocenters. The average Bonchev–Trinajstić information content (AvgIpc) is 1.29. The molecule has 11 aromatic rings. The number of ether oxygens (including phenoxy) is 6. The number of carbonyl (C=O) groups is 1. The minimum Gasteiger partial charge on any atom is -0.507 e. The fourth-order valence-electron chi connectivity index (χ4n) is 10.6. The largest absolute Gasteiger partial charge is 0.507 e. The predicted molar refractivity (Wildman–Crippen MR) is 426 cm³/mol. The second-order valence-corrected chi connectivity index (χ2v) is 27.5. The molecule has 4 aromatic heterocycles. The van der Waals surface area contributed by atoms with E-state index in [1.807, 2.05) is 97.2 Å². The molecule has 13 rings (SSSR count). The number of aromatic hydroxyl groups is 1. The second-order valence-electron chi connectivity index (χ2n) is 22.5. The summed E-state index contributed by atoms with van der Waals surface area (Å²) in [6.07, 6.45) is 17.4. The number of nitro benzene ring substituents is 1. The number of carbonyl (C=O) groups excluding carboxylic acids is 1. The Morgan fingerprint density at radius 3 is 1.72 bits per heavy atom. The number of phenolic OH excluding ortho intramolecular Hbond substituents is 1. The maximum atomic E-state index is 10.9. The number of hydrogen-bond acceptors (Lipinski definition) is 18. The summed E-state index contributed by atoms with van der Waals surface area (Å²) in [7, 11) is 3.23. The first-order valence-electron chi connectivity index (χ1n) is 32.3. The summed E-state index contributed by atoms with van der Waals surface area (Å²) in [5.74, 6) is 4.21. The first-order chi connectivity index (χ1) is 49.4. The number of methoxy groups -OCH3 is 3. The Morgan fingerprint density at radius 2 is 1.15 bits per heavy atom. The van der Waals surface area contributed by atoms with Gasteiger partial charge in [0.2, 0.25) is 0 Å². The molecule has 19 nitrogen and oxygen atoms in total. The van der Waals surface area contributed by atoms with Gasteiger partial charge >= 0.3 is 7.12 Å². The third kappa shape index (κ3) is 23.7. The van der Waals surface area contributed by atoms with Crippen LogP contribution in [0.3, 0.4) is 0 Å². The minimum atomic E-state index is -1.50. The van der Waals surface area contributed by atoms with Crippen molar-refractivity contribution in [1.29, 1.82) is 0 Å². The van der Waals surface area contributed by atoms with Crippen molar-refractivity contribution in [2.45, 2.75) is 70.8 Å². The highest BCUT2D eigenvalue weighted by molar-refractivity contribution is 9.11. The topological polar surface area (TPSA) is 274 Å². The molecule has 0 bridgehead atoms. The lowest BCUT2D eigenvalue weighted by Gasteiger charge is -2.10. The number of allylic oxidation sites excluding steroid dienone is 1. The van der Waals surface area contributed by atoms with Gasteiger partial charge in [-0.1, -0.05) is 58.9 Å². The van der Waals surface area contributed by atoms with Crippen molar-refractivity contribution in [2.75, 3.05) is 58.8 Å². The molecule has 0 unspecified atom stereocenters. The highest BCUT2D eigenvalue weighted by Gasteiger charge is 2.22. The molecule has 2 aliphatic rings. The number of pyridine rings is 4. The lowest BCUT2D eigenvalue weighted by atomic mass is 9.78. The van der Waals surface area contributed by atoms with Gasteiger partial charge in [-0.2, -0.15) is 0 Å². The quantitative estimate of drug-likeness (QED) is 0.0102. The number of ketones is 1. The zero-order chi connectivity index (χ0) is 73.5. The molecule has 534 valence electrons. The van der Waals surface area contributed by atoms with Crippen molar-refractivity contribution < 1.29 is 58.4 Å². The maximum Gasteiger partial charge on any atom is 0.490 e. The Balaban J connectivity index is 0.000000168. The van der Waals surface area contributed by atoms with Crippen molar-refractivity contribution in [3.8, 4) is 34.5 Å². The van der Waals surface area contributed by atoms with Gasteiger partial charge in [-0.25, -0.2) is 0 Å². The van der Waals surface area contributed by atoms with Crippen molar-refractivity contribution in [3.63, 3.8) is 0 Å². The summed E-state index contributed by atoms with van der Waals surface area (Å²) in [6.45, 7) is 6.33. The first kappa shape index (κ1) is 81.7. The summed E-state index contributed by atoms with van der Waals surface area (Å²) in [5, 5.41) is 52.8. The fraction of sp³-hybridized carbons (Fsp3) is 0.250. The van der Waals surface area contributed by atoms with E-state index < -0.39 is 12.0 Å². The van der Waals surface area contributed by atoms with Crippen LogP contribution in [0.25, 0.3) is 43.6 Å². The van der Waals surface area contributed by atoms with E-state index in [1.54, 1.807) is 69.2 Å². The van der Waals surface area contributed by atoms with Crippen molar-refractivity contribution in [2.24, 2.45) is 0 Å². The average molecular weight is 1770 g/mol. The number of anilines is 1. The molecule has 102 heavy (non-hydrogen) atoms. The number of nitro groups is 1. The zero-order valence-electron chi connectivity index (χ0n) is 56.3. The number of nitrogen functional groups attached to an aromatic ring is 1.